The van der Waals surface area contributed by atoms with Crippen LogP contribution in [0.5, 0.6) is 0 Å². The van der Waals surface area contributed by atoms with Gasteiger partial charge in [0.15, 0.2) is 0 Å². The molecule has 1 saturated heterocycles. The summed E-state index contributed by atoms with van der Waals surface area (Å²) in [6.07, 6.45) is 4.65. The number of hydrogen-bond donors (Lipinski definition) is 0. The van der Waals surface area contributed by atoms with E-state index in [1.54, 1.807) is 11.1 Å². The third kappa shape index (κ3) is 3.46. The van der Waals surface area contributed by atoms with Crippen LogP contribution >= 0.6 is 11.6 Å². The first-order chi connectivity index (χ1) is 9.63. The minimum absolute atomic E-state index is 0.0947. The molecule has 0 atom stereocenters. The summed E-state index contributed by atoms with van der Waals surface area (Å²) in [6, 6.07) is 0.132. The van der Waals surface area contributed by atoms with Gasteiger partial charge in [-0.1, -0.05) is 6.92 Å². The molecule has 0 bridgehead atoms. The van der Waals surface area contributed by atoms with Gasteiger partial charge in [-0.25, -0.2) is 4.98 Å². The maximum absolute atomic E-state index is 12.5. The monoisotopic (exact) mass is 297 g/mol. The summed E-state index contributed by atoms with van der Waals surface area (Å²) in [5.74, 6) is 0.729. The van der Waals surface area contributed by atoms with E-state index in [4.69, 9.17) is 16.3 Å². The third-order valence-corrected chi connectivity index (χ3v) is 3.61. The van der Waals surface area contributed by atoms with Crippen molar-refractivity contribution in [3.05, 3.63) is 17.0 Å². The van der Waals surface area contributed by atoms with E-state index in [1.165, 1.54) is 0 Å². The van der Waals surface area contributed by atoms with Crippen molar-refractivity contribution in [1.82, 2.24) is 9.97 Å². The van der Waals surface area contributed by atoms with Gasteiger partial charge in [0, 0.05) is 37.4 Å². The summed E-state index contributed by atoms with van der Waals surface area (Å²) in [5.41, 5.74) is 0.866. The van der Waals surface area contributed by atoms with Crippen molar-refractivity contribution in [3.63, 3.8) is 0 Å². The molecule has 1 amide bonds. The lowest BCUT2D eigenvalue weighted by Crippen LogP contribution is -2.44. The van der Waals surface area contributed by atoms with E-state index in [0.29, 0.717) is 25.5 Å². The van der Waals surface area contributed by atoms with Crippen LogP contribution in [-0.4, -0.2) is 35.1 Å². The van der Waals surface area contributed by atoms with Gasteiger partial charge in [0.1, 0.15) is 5.82 Å². The molecule has 1 fully saturated rings. The fraction of sp³-hybridized carbons (Fsp3) is 0.643. The van der Waals surface area contributed by atoms with Crippen LogP contribution in [-0.2, 0) is 9.53 Å². The number of nitrogens with zero attached hydrogens (tertiary/aromatic N) is 3. The van der Waals surface area contributed by atoms with Gasteiger partial charge in [-0.2, -0.15) is 4.98 Å². The summed E-state index contributed by atoms with van der Waals surface area (Å²) in [4.78, 5) is 22.5. The number of carbonyl (C=O) groups excluding carboxylic acids is 1. The molecule has 0 unspecified atom stereocenters. The maximum atomic E-state index is 12.5. The molecule has 2 rings (SSSR count). The van der Waals surface area contributed by atoms with Gasteiger partial charge in [0.05, 0.1) is 0 Å². The molecule has 0 aliphatic carbocycles. The smallest absolute Gasteiger partial charge is 0.228 e. The van der Waals surface area contributed by atoms with Crippen molar-refractivity contribution >= 4 is 23.3 Å². The van der Waals surface area contributed by atoms with Crippen molar-refractivity contribution in [2.75, 3.05) is 18.1 Å². The normalized spacial score (nSPS) is 16.1. The van der Waals surface area contributed by atoms with Gasteiger partial charge in [-0.05, 0) is 37.8 Å². The second-order valence-electron chi connectivity index (χ2n) is 5.00. The number of aromatic nitrogens is 2. The molecule has 1 aliphatic rings. The third-order valence-electron chi connectivity index (χ3n) is 3.43. The standard InChI is InChI=1S/C14H20ClN3O2/c1-3-4-12(19)18(11-5-7-20-8-6-11)13-10(2)9-16-14(15)17-13/h9,11H,3-8H2,1-2H3. The Morgan fingerprint density at radius 3 is 2.85 bits per heavy atom. The molecular formula is C14H20ClN3O2. The van der Waals surface area contributed by atoms with E-state index >= 15 is 0 Å². The van der Waals surface area contributed by atoms with Crippen molar-refractivity contribution in [1.29, 1.82) is 0 Å². The number of carbonyl (C=O) groups is 1. The van der Waals surface area contributed by atoms with Gasteiger partial charge < -0.3 is 4.74 Å². The Morgan fingerprint density at radius 2 is 2.20 bits per heavy atom. The summed E-state index contributed by atoms with van der Waals surface area (Å²) >= 11 is 5.90. The molecule has 0 spiro atoms. The Bertz CT molecular complexity index is 475. The first kappa shape index (κ1) is 15.2. The lowest BCUT2D eigenvalue weighted by Gasteiger charge is -2.34. The van der Waals surface area contributed by atoms with Gasteiger partial charge in [0.25, 0.3) is 0 Å². The van der Waals surface area contributed by atoms with E-state index in [0.717, 1.165) is 24.8 Å². The molecule has 0 N–H and O–H groups in total. The average molecular weight is 298 g/mol. The zero-order valence-corrected chi connectivity index (χ0v) is 12.7. The summed E-state index contributed by atoms with van der Waals surface area (Å²) in [7, 11) is 0. The van der Waals surface area contributed by atoms with Crippen LogP contribution in [0.2, 0.25) is 5.28 Å². The Labute approximate surface area is 124 Å². The van der Waals surface area contributed by atoms with Gasteiger partial charge >= 0.3 is 0 Å². The Balaban J connectivity index is 2.34. The predicted molar refractivity (Wildman–Crippen MR) is 78.0 cm³/mol. The van der Waals surface area contributed by atoms with Gasteiger partial charge in [-0.15, -0.1) is 0 Å². The Kier molecular flexibility index (Phi) is 5.31. The number of amides is 1. The number of rotatable bonds is 4. The molecule has 5 nitrogen and oxygen atoms in total. The zero-order chi connectivity index (χ0) is 14.5. The minimum atomic E-state index is 0.0947. The Morgan fingerprint density at radius 1 is 1.50 bits per heavy atom. The zero-order valence-electron chi connectivity index (χ0n) is 11.9. The fourth-order valence-electron chi connectivity index (χ4n) is 2.43. The summed E-state index contributed by atoms with van der Waals surface area (Å²) in [6.45, 7) is 5.26. The quantitative estimate of drug-likeness (QED) is 0.802. The number of aryl methyl sites for hydroxylation is 1. The first-order valence-corrected chi connectivity index (χ1v) is 7.40. The molecule has 20 heavy (non-hydrogen) atoms. The number of hydrogen-bond acceptors (Lipinski definition) is 4. The minimum Gasteiger partial charge on any atom is -0.381 e. The van der Waals surface area contributed by atoms with Crippen molar-refractivity contribution in [2.24, 2.45) is 0 Å². The van der Waals surface area contributed by atoms with Crippen LogP contribution in [0.15, 0.2) is 6.20 Å². The van der Waals surface area contributed by atoms with Crippen molar-refractivity contribution < 1.29 is 9.53 Å². The van der Waals surface area contributed by atoms with Crippen LogP contribution in [0.4, 0.5) is 5.82 Å². The van der Waals surface area contributed by atoms with Gasteiger partial charge in [-0.3, -0.25) is 9.69 Å². The average Bonchev–Trinajstić information content (AvgIpc) is 2.44. The lowest BCUT2D eigenvalue weighted by molar-refractivity contribution is -0.119. The fourth-order valence-corrected chi connectivity index (χ4v) is 2.56. The van der Waals surface area contributed by atoms with Crippen LogP contribution < -0.4 is 4.90 Å². The number of halogens is 1. The molecule has 0 saturated carbocycles. The van der Waals surface area contributed by atoms with Crippen LogP contribution in [0.25, 0.3) is 0 Å². The molecule has 0 radical (unpaired) electrons. The van der Waals surface area contributed by atoms with Crippen LogP contribution in [0.3, 0.4) is 0 Å². The van der Waals surface area contributed by atoms with Crippen molar-refractivity contribution in [3.8, 4) is 0 Å². The highest BCUT2D eigenvalue weighted by Crippen LogP contribution is 2.26. The highest BCUT2D eigenvalue weighted by atomic mass is 35.5. The highest BCUT2D eigenvalue weighted by Gasteiger charge is 2.29. The summed E-state index contributed by atoms with van der Waals surface area (Å²) < 4.78 is 5.38. The van der Waals surface area contributed by atoms with Crippen LogP contribution in [0.1, 0.15) is 38.2 Å². The number of ether oxygens (including phenoxy) is 1. The molecule has 1 aromatic rings. The lowest BCUT2D eigenvalue weighted by atomic mass is 10.1. The van der Waals surface area contributed by atoms with Gasteiger partial charge in [0.2, 0.25) is 11.2 Å². The first-order valence-electron chi connectivity index (χ1n) is 7.02. The summed E-state index contributed by atoms with van der Waals surface area (Å²) in [5, 5.41) is 0.173. The largest absolute Gasteiger partial charge is 0.381 e. The van der Waals surface area contributed by atoms with E-state index < -0.39 is 0 Å². The number of anilines is 1. The van der Waals surface area contributed by atoms with E-state index in [2.05, 4.69) is 9.97 Å². The van der Waals surface area contributed by atoms with E-state index in [9.17, 15) is 4.79 Å². The molecule has 2 heterocycles. The SMILES string of the molecule is CCCC(=O)N(c1nc(Cl)ncc1C)C1CCOCC1. The highest BCUT2D eigenvalue weighted by molar-refractivity contribution is 6.28. The molecular weight excluding hydrogens is 278 g/mol. The van der Waals surface area contributed by atoms with E-state index in [1.807, 2.05) is 13.8 Å². The second kappa shape index (κ2) is 6.99. The molecule has 1 aromatic heterocycles. The molecule has 6 heteroatoms. The van der Waals surface area contributed by atoms with E-state index in [-0.39, 0.29) is 17.2 Å². The second-order valence-corrected chi connectivity index (χ2v) is 5.34. The maximum Gasteiger partial charge on any atom is 0.228 e. The molecule has 0 aromatic carbocycles. The van der Waals surface area contributed by atoms with Crippen molar-refractivity contribution in [2.45, 2.75) is 45.6 Å². The topological polar surface area (TPSA) is 55.3 Å². The molecule has 110 valence electrons. The Hall–Kier alpha value is -1.20. The van der Waals surface area contributed by atoms with Crippen LogP contribution in [0, 0.1) is 6.92 Å². The predicted octanol–water partition coefficient (Wildman–Crippen LogP) is 2.75. The molecule has 1 aliphatic heterocycles.